The summed E-state index contributed by atoms with van der Waals surface area (Å²) in [6, 6.07) is 5.97. The fourth-order valence-electron chi connectivity index (χ4n) is 6.68. The normalized spacial score (nSPS) is 23.6. The summed E-state index contributed by atoms with van der Waals surface area (Å²) in [4.78, 5) is 13.5. The summed E-state index contributed by atoms with van der Waals surface area (Å²) >= 11 is 5.98. The maximum absolute atomic E-state index is 14.0. The van der Waals surface area contributed by atoms with E-state index in [4.69, 9.17) is 16.7 Å². The molecular weight excluding hydrogens is 581 g/mol. The first-order chi connectivity index (χ1) is 19.7. The number of halogens is 6. The highest BCUT2D eigenvalue weighted by Gasteiger charge is 2.46. The van der Waals surface area contributed by atoms with Crippen molar-refractivity contribution in [2.24, 2.45) is 11.3 Å². The van der Waals surface area contributed by atoms with Crippen LogP contribution in [0.25, 0.3) is 11.4 Å². The van der Waals surface area contributed by atoms with E-state index in [2.05, 4.69) is 12.0 Å². The number of hydrogen-bond donors (Lipinski definition) is 1. The van der Waals surface area contributed by atoms with Gasteiger partial charge < -0.3 is 5.11 Å². The van der Waals surface area contributed by atoms with Crippen LogP contribution in [0, 0.1) is 11.3 Å². The molecule has 6 rings (SSSR count). The lowest BCUT2D eigenvalue weighted by atomic mass is 9.71. The molecule has 42 heavy (non-hydrogen) atoms. The van der Waals surface area contributed by atoms with Gasteiger partial charge in [-0.1, -0.05) is 18.5 Å². The van der Waals surface area contributed by atoms with Gasteiger partial charge in [0.25, 0.3) is 0 Å². The van der Waals surface area contributed by atoms with E-state index in [1.165, 1.54) is 25.0 Å². The molecule has 2 heterocycles. The van der Waals surface area contributed by atoms with Gasteiger partial charge in [0.1, 0.15) is 0 Å². The van der Waals surface area contributed by atoms with E-state index >= 15 is 0 Å². The number of rotatable bonds is 7. The molecule has 2 aromatic heterocycles. The molecule has 1 unspecified atom stereocenters. The van der Waals surface area contributed by atoms with Crippen molar-refractivity contribution in [2.45, 2.75) is 102 Å². The van der Waals surface area contributed by atoms with E-state index < -0.39 is 30.4 Å². The molecule has 2 fully saturated rings. The average Bonchev–Trinajstić information content (AvgIpc) is 3.68. The van der Waals surface area contributed by atoms with Crippen LogP contribution in [-0.4, -0.2) is 47.4 Å². The van der Waals surface area contributed by atoms with E-state index in [0.717, 1.165) is 33.3 Å². The molecule has 1 aromatic carbocycles. The average molecular weight is 614 g/mol. The molecule has 0 amide bonds. The predicted octanol–water partition coefficient (Wildman–Crippen LogP) is 6.19. The number of nitrogens with zero attached hydrogens (tertiary/aromatic N) is 5. The second kappa shape index (κ2) is 10.5. The zero-order valence-corrected chi connectivity index (χ0v) is 23.9. The van der Waals surface area contributed by atoms with Crippen LogP contribution in [0.1, 0.15) is 74.9 Å². The minimum absolute atomic E-state index is 0.0379. The summed E-state index contributed by atoms with van der Waals surface area (Å²) in [7, 11) is 0. The Morgan fingerprint density at radius 3 is 2.36 bits per heavy atom. The Morgan fingerprint density at radius 2 is 1.74 bits per heavy atom. The quantitative estimate of drug-likeness (QED) is 0.323. The van der Waals surface area contributed by atoms with E-state index in [0.29, 0.717) is 41.5 Å². The third-order valence-electron chi connectivity index (χ3n) is 9.37. The number of alkyl halides is 5. The molecule has 1 N–H and O–H groups in total. The summed E-state index contributed by atoms with van der Waals surface area (Å²) in [6.07, 6.45) is -2.76. The number of aliphatic hydroxyl groups excluding tert-OH is 1. The van der Waals surface area contributed by atoms with Crippen molar-refractivity contribution in [1.29, 1.82) is 0 Å². The highest BCUT2D eigenvalue weighted by atomic mass is 35.5. The molecule has 228 valence electrons. The Balaban J connectivity index is 1.39. The Bertz CT molecular complexity index is 1510. The van der Waals surface area contributed by atoms with Gasteiger partial charge in [-0.05, 0) is 86.1 Å². The van der Waals surface area contributed by atoms with Crippen LogP contribution in [0.5, 0.6) is 0 Å². The molecular formula is C29H33ClF5N5O2. The first kappa shape index (κ1) is 29.3. The molecule has 0 radical (unpaired) electrons. The van der Waals surface area contributed by atoms with Gasteiger partial charge in [-0.2, -0.15) is 18.3 Å². The van der Waals surface area contributed by atoms with Crippen LogP contribution in [-0.2, 0) is 25.9 Å². The molecule has 0 saturated heterocycles. The van der Waals surface area contributed by atoms with Crippen molar-refractivity contribution in [1.82, 2.24) is 24.1 Å². The second-order valence-electron chi connectivity index (χ2n) is 12.4. The Kier molecular flexibility index (Phi) is 7.31. The molecule has 0 aliphatic heterocycles. The van der Waals surface area contributed by atoms with Crippen molar-refractivity contribution >= 4 is 11.6 Å². The second-order valence-corrected chi connectivity index (χ2v) is 12.9. The fraction of sp³-hybridized carbons (Fsp3) is 0.621. The number of aromatic nitrogens is 5. The lowest BCUT2D eigenvalue weighted by molar-refractivity contribution is -0.207. The van der Waals surface area contributed by atoms with Gasteiger partial charge in [0.05, 0.1) is 24.8 Å². The maximum atomic E-state index is 14.0. The van der Waals surface area contributed by atoms with Crippen molar-refractivity contribution in [3.63, 3.8) is 0 Å². The van der Waals surface area contributed by atoms with Gasteiger partial charge in [0.2, 0.25) is 5.92 Å². The Hall–Kier alpha value is -2.73. The fourth-order valence-corrected chi connectivity index (χ4v) is 6.81. The largest absolute Gasteiger partial charge is 0.416 e. The first-order valence-electron chi connectivity index (χ1n) is 14.4. The van der Waals surface area contributed by atoms with E-state index in [-0.39, 0.29) is 36.7 Å². The summed E-state index contributed by atoms with van der Waals surface area (Å²) in [5.74, 6) is -2.11. The van der Waals surface area contributed by atoms with E-state index in [1.807, 2.05) is 4.68 Å². The van der Waals surface area contributed by atoms with Crippen molar-refractivity contribution < 1.29 is 27.1 Å². The highest BCUT2D eigenvalue weighted by Crippen LogP contribution is 2.53. The van der Waals surface area contributed by atoms with Gasteiger partial charge in [-0.25, -0.2) is 18.3 Å². The molecule has 3 aliphatic rings. The molecule has 2 saturated carbocycles. The number of fused-ring (bicyclic) bond motifs is 1. The zero-order chi connectivity index (χ0) is 30.0. The molecule has 3 aromatic rings. The number of benzene rings is 1. The summed E-state index contributed by atoms with van der Waals surface area (Å²) < 4.78 is 71.6. The van der Waals surface area contributed by atoms with E-state index in [1.54, 1.807) is 12.1 Å². The minimum Gasteiger partial charge on any atom is -0.382 e. The molecule has 0 bridgehead atoms. The smallest absolute Gasteiger partial charge is 0.382 e. The SMILES string of the molecule is CC1(C2CC2)CCc2c(Cn3nc(-c4ccc(Cl)cc4)n(C[C@H](O)C(F)(F)F)c3=O)nn(C3CCC(F)(F)CC3)c2C1. The lowest BCUT2D eigenvalue weighted by Gasteiger charge is -2.36. The van der Waals surface area contributed by atoms with Crippen LogP contribution >= 0.6 is 11.6 Å². The van der Waals surface area contributed by atoms with Gasteiger partial charge in [0, 0.05) is 29.1 Å². The molecule has 2 atom stereocenters. The number of hydrogen-bond acceptors (Lipinski definition) is 4. The molecule has 13 heteroatoms. The Labute approximate surface area is 244 Å². The summed E-state index contributed by atoms with van der Waals surface area (Å²) in [5, 5.41) is 19.5. The highest BCUT2D eigenvalue weighted by molar-refractivity contribution is 6.30. The maximum Gasteiger partial charge on any atom is 0.416 e. The summed E-state index contributed by atoms with van der Waals surface area (Å²) in [6.45, 7) is 1.16. The van der Waals surface area contributed by atoms with Crippen molar-refractivity contribution in [3.8, 4) is 11.4 Å². The van der Waals surface area contributed by atoms with Gasteiger partial charge >= 0.3 is 11.9 Å². The Morgan fingerprint density at radius 1 is 1.07 bits per heavy atom. The molecule has 3 aliphatic carbocycles. The van der Waals surface area contributed by atoms with Crippen LogP contribution in [0.15, 0.2) is 29.1 Å². The van der Waals surface area contributed by atoms with Gasteiger partial charge in [-0.15, -0.1) is 5.10 Å². The van der Waals surface area contributed by atoms with Crippen LogP contribution in [0.2, 0.25) is 5.02 Å². The van der Waals surface area contributed by atoms with Gasteiger partial charge in [0.15, 0.2) is 11.9 Å². The van der Waals surface area contributed by atoms with Gasteiger partial charge in [-0.3, -0.25) is 9.25 Å². The topological polar surface area (TPSA) is 77.9 Å². The van der Waals surface area contributed by atoms with Crippen LogP contribution in [0.3, 0.4) is 0 Å². The van der Waals surface area contributed by atoms with Crippen molar-refractivity contribution in [2.75, 3.05) is 0 Å². The monoisotopic (exact) mass is 613 g/mol. The predicted molar refractivity (Wildman–Crippen MR) is 146 cm³/mol. The first-order valence-corrected chi connectivity index (χ1v) is 14.8. The third-order valence-corrected chi connectivity index (χ3v) is 9.62. The van der Waals surface area contributed by atoms with Crippen LogP contribution in [0.4, 0.5) is 22.0 Å². The van der Waals surface area contributed by atoms with Crippen molar-refractivity contribution in [3.05, 3.63) is 56.7 Å². The zero-order valence-electron chi connectivity index (χ0n) is 23.2. The minimum atomic E-state index is -4.93. The number of aliphatic hydroxyl groups is 1. The van der Waals surface area contributed by atoms with E-state index in [9.17, 15) is 31.9 Å². The molecule has 7 nitrogen and oxygen atoms in total. The standard InChI is InChI=1S/C29H33ClF5N5O2/c1-27(18-4-5-18)11-10-21-22(36-40(23(21)14-27)20-8-12-28(31,32)13-9-20)15-39-26(42)38(16-24(41)29(33,34)35)25(37-39)17-2-6-19(30)7-3-17/h2-3,6-7,18,20,24,41H,4-5,8-16H2,1H3/t24-,27?/m0/s1. The lowest BCUT2D eigenvalue weighted by Crippen LogP contribution is -2.37. The third kappa shape index (κ3) is 5.64. The summed E-state index contributed by atoms with van der Waals surface area (Å²) in [5.41, 5.74) is 2.19. The van der Waals surface area contributed by atoms with Crippen LogP contribution < -0.4 is 5.69 Å². The molecule has 0 spiro atoms.